The number of nitrogens with one attached hydrogen (secondary N) is 2. The molecule has 1 fully saturated rings. The van der Waals surface area contributed by atoms with Crippen molar-refractivity contribution in [1.29, 1.82) is 0 Å². The minimum atomic E-state index is 0.492. The van der Waals surface area contributed by atoms with Gasteiger partial charge in [-0.25, -0.2) is 0 Å². The highest BCUT2D eigenvalue weighted by atomic mass is 16.5. The van der Waals surface area contributed by atoms with E-state index in [4.69, 9.17) is 4.74 Å². The molecule has 1 saturated heterocycles. The maximum Gasteiger partial charge on any atom is 0.191 e. The molecule has 2 N–H and O–H groups in total. The molecule has 26 heavy (non-hydrogen) atoms. The standard InChI is InChI=1S/C21H34N4O/c1-4-6-13-25-14-11-19(12-15-25)24-21(22-3)23-17-18-9-7-8-10-20(18)26-16-5-2/h5,7-10,19H,2,4,6,11-17H2,1,3H3,(H2,22,23,24). The lowest BCUT2D eigenvalue weighted by Gasteiger charge is -2.33. The van der Waals surface area contributed by atoms with Gasteiger partial charge in [0.15, 0.2) is 5.96 Å². The van der Waals surface area contributed by atoms with Crippen LogP contribution in [0.3, 0.4) is 0 Å². The van der Waals surface area contributed by atoms with Gasteiger partial charge >= 0.3 is 0 Å². The monoisotopic (exact) mass is 358 g/mol. The molecule has 1 aromatic rings. The molecule has 0 saturated carbocycles. The van der Waals surface area contributed by atoms with Gasteiger partial charge in [-0.2, -0.15) is 0 Å². The molecule has 144 valence electrons. The number of likely N-dealkylation sites (tertiary alicyclic amines) is 1. The van der Waals surface area contributed by atoms with Crippen molar-refractivity contribution in [3.8, 4) is 5.75 Å². The summed E-state index contributed by atoms with van der Waals surface area (Å²) in [4.78, 5) is 6.96. The lowest BCUT2D eigenvalue weighted by Crippen LogP contribution is -2.48. The van der Waals surface area contributed by atoms with Crippen molar-refractivity contribution in [2.75, 3.05) is 33.3 Å². The molecule has 0 amide bonds. The van der Waals surface area contributed by atoms with Gasteiger partial charge in [0, 0.05) is 38.3 Å². The maximum atomic E-state index is 5.72. The Hall–Kier alpha value is -2.01. The number of hydrogen-bond acceptors (Lipinski definition) is 3. The Morgan fingerprint density at radius 2 is 2.12 bits per heavy atom. The van der Waals surface area contributed by atoms with Crippen molar-refractivity contribution in [1.82, 2.24) is 15.5 Å². The molecule has 1 aliphatic heterocycles. The highest BCUT2D eigenvalue weighted by Crippen LogP contribution is 2.17. The summed E-state index contributed by atoms with van der Waals surface area (Å²) >= 11 is 0. The van der Waals surface area contributed by atoms with E-state index >= 15 is 0 Å². The fraction of sp³-hybridized carbons (Fsp3) is 0.571. The van der Waals surface area contributed by atoms with Crippen molar-refractivity contribution in [3.05, 3.63) is 42.5 Å². The fourth-order valence-electron chi connectivity index (χ4n) is 3.19. The molecule has 0 bridgehead atoms. The third kappa shape index (κ3) is 6.71. The first-order chi connectivity index (χ1) is 12.8. The van der Waals surface area contributed by atoms with Gasteiger partial charge in [0.1, 0.15) is 12.4 Å². The van der Waals surface area contributed by atoms with E-state index in [1.165, 1.54) is 45.3 Å². The molecule has 0 atom stereocenters. The van der Waals surface area contributed by atoms with E-state index in [0.29, 0.717) is 19.2 Å². The van der Waals surface area contributed by atoms with Gasteiger partial charge in [-0.15, -0.1) is 0 Å². The SMILES string of the molecule is C=CCOc1ccccc1CNC(=NC)NC1CCN(CCCC)CC1. The van der Waals surface area contributed by atoms with Crippen molar-refractivity contribution >= 4 is 5.96 Å². The number of piperidine rings is 1. The molecule has 2 rings (SSSR count). The van der Waals surface area contributed by atoms with Crippen molar-refractivity contribution in [2.45, 2.75) is 45.2 Å². The highest BCUT2D eigenvalue weighted by molar-refractivity contribution is 5.80. The largest absolute Gasteiger partial charge is 0.489 e. The number of unbranched alkanes of at least 4 members (excludes halogenated alkanes) is 1. The summed E-state index contributed by atoms with van der Waals surface area (Å²) in [6.07, 6.45) is 6.67. The Balaban J connectivity index is 1.79. The average Bonchev–Trinajstić information content (AvgIpc) is 2.69. The van der Waals surface area contributed by atoms with Crippen molar-refractivity contribution < 1.29 is 4.74 Å². The number of benzene rings is 1. The number of guanidine groups is 1. The average molecular weight is 359 g/mol. The van der Waals surface area contributed by atoms with Crippen LogP contribution >= 0.6 is 0 Å². The minimum absolute atomic E-state index is 0.492. The molecular weight excluding hydrogens is 324 g/mol. The van der Waals surface area contributed by atoms with Gasteiger partial charge in [-0.05, 0) is 31.9 Å². The maximum absolute atomic E-state index is 5.72. The number of rotatable bonds is 9. The first kappa shape index (κ1) is 20.3. The van der Waals surface area contributed by atoms with E-state index in [2.05, 4.69) is 40.1 Å². The topological polar surface area (TPSA) is 48.9 Å². The molecule has 0 aliphatic carbocycles. The Kier molecular flexibility index (Phi) is 9.04. The van der Waals surface area contributed by atoms with Crippen LogP contribution in [-0.4, -0.2) is 50.2 Å². The molecule has 1 heterocycles. The van der Waals surface area contributed by atoms with Crippen molar-refractivity contribution in [2.24, 2.45) is 4.99 Å². The van der Waals surface area contributed by atoms with Crippen LogP contribution in [0.1, 0.15) is 38.2 Å². The molecular formula is C21H34N4O. The smallest absolute Gasteiger partial charge is 0.191 e. The lowest BCUT2D eigenvalue weighted by molar-refractivity contribution is 0.203. The Morgan fingerprint density at radius 1 is 1.35 bits per heavy atom. The predicted molar refractivity (Wildman–Crippen MR) is 110 cm³/mol. The molecule has 1 aromatic carbocycles. The third-order valence-corrected chi connectivity index (χ3v) is 4.76. The number of nitrogens with zero attached hydrogens (tertiary/aromatic N) is 2. The second kappa shape index (κ2) is 11.6. The van der Waals surface area contributed by atoms with Crippen LogP contribution < -0.4 is 15.4 Å². The molecule has 0 radical (unpaired) electrons. The van der Waals surface area contributed by atoms with Gasteiger partial charge in [-0.3, -0.25) is 4.99 Å². The van der Waals surface area contributed by atoms with Gasteiger partial charge in [0.25, 0.3) is 0 Å². The van der Waals surface area contributed by atoms with Crippen LogP contribution in [-0.2, 0) is 6.54 Å². The van der Waals surface area contributed by atoms with Crippen LogP contribution in [0.4, 0.5) is 0 Å². The van der Waals surface area contributed by atoms with E-state index < -0.39 is 0 Å². The second-order valence-corrected chi connectivity index (χ2v) is 6.75. The summed E-state index contributed by atoms with van der Waals surface area (Å²) in [7, 11) is 1.83. The number of hydrogen-bond donors (Lipinski definition) is 2. The summed E-state index contributed by atoms with van der Waals surface area (Å²) in [5, 5.41) is 6.99. The van der Waals surface area contributed by atoms with Gasteiger partial charge < -0.3 is 20.3 Å². The van der Waals surface area contributed by atoms with Crippen LogP contribution in [0.15, 0.2) is 41.9 Å². The quantitative estimate of drug-likeness (QED) is 0.404. The lowest BCUT2D eigenvalue weighted by atomic mass is 10.0. The number of ether oxygens (including phenoxy) is 1. The van der Waals surface area contributed by atoms with E-state index in [0.717, 1.165) is 17.3 Å². The second-order valence-electron chi connectivity index (χ2n) is 6.75. The Bertz CT molecular complexity index is 565. The molecule has 0 unspecified atom stereocenters. The Labute approximate surface area is 158 Å². The predicted octanol–water partition coefficient (Wildman–Crippen LogP) is 3.18. The van der Waals surface area contributed by atoms with Crippen LogP contribution in [0.5, 0.6) is 5.75 Å². The summed E-state index contributed by atoms with van der Waals surface area (Å²) in [6.45, 7) is 10.7. The number of para-hydroxylation sites is 1. The van der Waals surface area contributed by atoms with Crippen LogP contribution in [0.25, 0.3) is 0 Å². The summed E-state index contributed by atoms with van der Waals surface area (Å²) in [5.74, 6) is 1.75. The summed E-state index contributed by atoms with van der Waals surface area (Å²) in [6, 6.07) is 8.57. The van der Waals surface area contributed by atoms with E-state index in [9.17, 15) is 0 Å². The first-order valence-corrected chi connectivity index (χ1v) is 9.78. The zero-order valence-electron chi connectivity index (χ0n) is 16.3. The molecule has 0 aromatic heterocycles. The molecule has 5 nitrogen and oxygen atoms in total. The van der Waals surface area contributed by atoms with E-state index in [1.807, 2.05) is 25.2 Å². The van der Waals surface area contributed by atoms with Crippen molar-refractivity contribution in [3.63, 3.8) is 0 Å². The zero-order chi connectivity index (χ0) is 18.6. The van der Waals surface area contributed by atoms with Gasteiger partial charge in [-0.1, -0.05) is 44.2 Å². The van der Waals surface area contributed by atoms with E-state index in [-0.39, 0.29) is 0 Å². The fourth-order valence-corrected chi connectivity index (χ4v) is 3.19. The molecule has 5 heteroatoms. The number of aliphatic imine (C=N–C) groups is 1. The first-order valence-electron chi connectivity index (χ1n) is 9.78. The molecule has 0 spiro atoms. The highest BCUT2D eigenvalue weighted by Gasteiger charge is 2.19. The summed E-state index contributed by atoms with van der Waals surface area (Å²) < 4.78 is 5.72. The Morgan fingerprint density at radius 3 is 2.81 bits per heavy atom. The minimum Gasteiger partial charge on any atom is -0.489 e. The third-order valence-electron chi connectivity index (χ3n) is 4.76. The summed E-state index contributed by atoms with van der Waals surface area (Å²) in [5.41, 5.74) is 1.12. The normalized spacial score (nSPS) is 16.3. The van der Waals surface area contributed by atoms with Gasteiger partial charge in [0.2, 0.25) is 0 Å². The van der Waals surface area contributed by atoms with Gasteiger partial charge in [0.05, 0.1) is 0 Å². The van der Waals surface area contributed by atoms with E-state index in [1.54, 1.807) is 6.08 Å². The van der Waals surface area contributed by atoms with Crippen LogP contribution in [0.2, 0.25) is 0 Å². The molecule has 1 aliphatic rings. The zero-order valence-corrected chi connectivity index (χ0v) is 16.3. The van der Waals surface area contributed by atoms with Crippen LogP contribution in [0, 0.1) is 0 Å².